The molecule has 1 amide bonds. The van der Waals surface area contributed by atoms with Crippen LogP contribution < -0.4 is 4.72 Å². The van der Waals surface area contributed by atoms with Crippen LogP contribution in [0.25, 0.3) is 0 Å². The molecule has 6 nitrogen and oxygen atoms in total. The van der Waals surface area contributed by atoms with Crippen molar-refractivity contribution in [3.63, 3.8) is 0 Å². The Morgan fingerprint density at radius 2 is 1.48 bits per heavy atom. The number of sulfonamides is 1. The Balaban J connectivity index is 1.94. The Morgan fingerprint density at radius 1 is 0.926 bits per heavy atom. The lowest BCUT2D eigenvalue weighted by molar-refractivity contribution is 0.0788. The molecular formula is C20H33N3O3S. The van der Waals surface area contributed by atoms with E-state index in [1.54, 1.807) is 11.8 Å². The zero-order valence-corrected chi connectivity index (χ0v) is 17.7. The second-order valence-electron chi connectivity index (χ2n) is 8.10. The Kier molecular flexibility index (Phi) is 6.31. The minimum Gasteiger partial charge on any atom is -0.350 e. The fraction of sp³-hybridized carbons (Fsp3) is 0.750. The molecule has 0 spiro atoms. The van der Waals surface area contributed by atoms with Crippen LogP contribution in [-0.2, 0) is 17.1 Å². The van der Waals surface area contributed by atoms with E-state index in [4.69, 9.17) is 0 Å². The summed E-state index contributed by atoms with van der Waals surface area (Å²) >= 11 is 0. The van der Waals surface area contributed by atoms with Crippen molar-refractivity contribution in [2.45, 2.75) is 82.6 Å². The summed E-state index contributed by atoms with van der Waals surface area (Å²) < 4.78 is 31.4. The van der Waals surface area contributed by atoms with Crippen molar-refractivity contribution in [2.24, 2.45) is 7.05 Å². The number of rotatable bonds is 4. The third kappa shape index (κ3) is 4.24. The summed E-state index contributed by atoms with van der Waals surface area (Å²) in [5, 5.41) is 0. The number of nitrogens with one attached hydrogen (secondary N) is 1. The molecule has 1 aliphatic heterocycles. The summed E-state index contributed by atoms with van der Waals surface area (Å²) in [7, 11) is -1.91. The van der Waals surface area contributed by atoms with E-state index in [2.05, 4.69) is 4.72 Å². The van der Waals surface area contributed by atoms with Gasteiger partial charge in [-0.15, -0.1) is 0 Å². The van der Waals surface area contributed by atoms with Gasteiger partial charge in [0.25, 0.3) is 5.91 Å². The van der Waals surface area contributed by atoms with Crippen molar-refractivity contribution in [1.82, 2.24) is 14.2 Å². The molecule has 27 heavy (non-hydrogen) atoms. The van der Waals surface area contributed by atoms with Crippen molar-refractivity contribution in [1.29, 1.82) is 0 Å². The summed E-state index contributed by atoms with van der Waals surface area (Å²) in [5.74, 6) is -0.147. The first-order valence-corrected chi connectivity index (χ1v) is 11.8. The first-order chi connectivity index (χ1) is 12.8. The van der Waals surface area contributed by atoms with Gasteiger partial charge < -0.3 is 9.47 Å². The zero-order valence-electron chi connectivity index (χ0n) is 16.9. The minimum absolute atomic E-state index is 0.0371. The van der Waals surface area contributed by atoms with Crippen LogP contribution in [-0.4, -0.2) is 42.9 Å². The fourth-order valence-corrected chi connectivity index (χ4v) is 6.25. The van der Waals surface area contributed by atoms with Gasteiger partial charge in [0.2, 0.25) is 10.0 Å². The summed E-state index contributed by atoms with van der Waals surface area (Å²) in [6.07, 6.45) is 9.40. The van der Waals surface area contributed by atoms with E-state index in [0.29, 0.717) is 24.3 Å². The number of hydrogen-bond acceptors (Lipinski definition) is 3. The molecule has 2 aliphatic rings. The number of aromatic nitrogens is 1. The van der Waals surface area contributed by atoms with E-state index in [9.17, 15) is 13.2 Å². The number of likely N-dealkylation sites (tertiary alicyclic amines) is 1. The highest BCUT2D eigenvalue weighted by atomic mass is 32.2. The maximum absolute atomic E-state index is 13.3. The second kappa shape index (κ2) is 8.35. The Labute approximate surface area is 163 Å². The van der Waals surface area contributed by atoms with Gasteiger partial charge in [0.1, 0.15) is 4.90 Å². The summed E-state index contributed by atoms with van der Waals surface area (Å²) in [6, 6.07) is -0.0371. The van der Waals surface area contributed by atoms with Crippen molar-refractivity contribution in [3.05, 3.63) is 17.0 Å². The molecule has 1 aromatic rings. The number of amides is 1. The second-order valence-corrected chi connectivity index (χ2v) is 9.75. The SMILES string of the molecule is Cc1c(C(=O)N2CCCC2)c(S(=O)(=O)NC2CCCCCCC2)c(C)n1C. The van der Waals surface area contributed by atoms with Crippen LogP contribution in [0.15, 0.2) is 4.90 Å². The Morgan fingerprint density at radius 3 is 2.07 bits per heavy atom. The first kappa shape index (κ1) is 20.4. The Hall–Kier alpha value is -1.34. The lowest BCUT2D eigenvalue weighted by Gasteiger charge is -2.22. The minimum atomic E-state index is -3.74. The number of carbonyl (C=O) groups is 1. The molecule has 2 fully saturated rings. The molecule has 1 aromatic heterocycles. The van der Waals surface area contributed by atoms with Crippen LogP contribution in [0.2, 0.25) is 0 Å². The summed E-state index contributed by atoms with van der Waals surface area (Å²) in [4.78, 5) is 15.1. The van der Waals surface area contributed by atoms with Crippen molar-refractivity contribution in [3.8, 4) is 0 Å². The molecular weight excluding hydrogens is 362 g/mol. The van der Waals surface area contributed by atoms with Gasteiger partial charge in [-0.3, -0.25) is 4.79 Å². The maximum Gasteiger partial charge on any atom is 0.257 e. The molecule has 7 heteroatoms. The van der Waals surface area contributed by atoms with Crippen LogP contribution in [0.4, 0.5) is 0 Å². The van der Waals surface area contributed by atoms with Gasteiger partial charge in [-0.05, 0) is 39.5 Å². The normalized spacial score (nSPS) is 19.9. The van der Waals surface area contributed by atoms with E-state index in [1.165, 1.54) is 19.3 Å². The lowest BCUT2D eigenvalue weighted by Crippen LogP contribution is -2.37. The van der Waals surface area contributed by atoms with Gasteiger partial charge >= 0.3 is 0 Å². The molecule has 1 saturated heterocycles. The fourth-order valence-electron chi connectivity index (χ4n) is 4.43. The first-order valence-electron chi connectivity index (χ1n) is 10.3. The highest BCUT2D eigenvalue weighted by Gasteiger charge is 2.34. The molecule has 1 aliphatic carbocycles. The third-order valence-corrected chi connectivity index (χ3v) is 7.91. The zero-order chi connectivity index (χ0) is 19.6. The molecule has 0 bridgehead atoms. The molecule has 0 aromatic carbocycles. The molecule has 152 valence electrons. The number of carbonyl (C=O) groups excluding carboxylic acids is 1. The van der Waals surface area contributed by atoms with Gasteiger partial charge in [-0.25, -0.2) is 13.1 Å². The molecule has 0 unspecified atom stereocenters. The predicted octanol–water partition coefficient (Wildman–Crippen LogP) is 3.27. The van der Waals surface area contributed by atoms with E-state index in [-0.39, 0.29) is 16.8 Å². The third-order valence-electron chi connectivity index (χ3n) is 6.23. The number of nitrogens with zero attached hydrogens (tertiary/aromatic N) is 2. The van der Waals surface area contributed by atoms with Crippen molar-refractivity contribution >= 4 is 15.9 Å². The largest absolute Gasteiger partial charge is 0.350 e. The quantitative estimate of drug-likeness (QED) is 0.850. The van der Waals surface area contributed by atoms with Gasteiger partial charge in [-0.1, -0.05) is 32.1 Å². The lowest BCUT2D eigenvalue weighted by atomic mass is 9.97. The van der Waals surface area contributed by atoms with Crippen LogP contribution in [0.3, 0.4) is 0 Å². The van der Waals surface area contributed by atoms with Crippen LogP contribution in [0, 0.1) is 13.8 Å². The van der Waals surface area contributed by atoms with E-state index >= 15 is 0 Å². The van der Waals surface area contributed by atoms with E-state index < -0.39 is 10.0 Å². The van der Waals surface area contributed by atoms with Crippen molar-refractivity contribution in [2.75, 3.05) is 13.1 Å². The predicted molar refractivity (Wildman–Crippen MR) is 106 cm³/mol. The van der Waals surface area contributed by atoms with E-state index in [0.717, 1.165) is 44.2 Å². The van der Waals surface area contributed by atoms with E-state index in [1.807, 2.05) is 18.5 Å². The smallest absolute Gasteiger partial charge is 0.257 e. The molecule has 1 N–H and O–H groups in total. The molecule has 0 atom stereocenters. The molecule has 0 radical (unpaired) electrons. The number of hydrogen-bond donors (Lipinski definition) is 1. The maximum atomic E-state index is 13.3. The van der Waals surface area contributed by atoms with Crippen LogP contribution in [0.1, 0.15) is 79.5 Å². The highest BCUT2D eigenvalue weighted by molar-refractivity contribution is 7.89. The van der Waals surface area contributed by atoms with Gasteiger partial charge in [-0.2, -0.15) is 0 Å². The monoisotopic (exact) mass is 395 g/mol. The van der Waals surface area contributed by atoms with Crippen LogP contribution >= 0.6 is 0 Å². The summed E-state index contributed by atoms with van der Waals surface area (Å²) in [5.41, 5.74) is 1.71. The van der Waals surface area contributed by atoms with Gasteiger partial charge in [0, 0.05) is 37.6 Å². The topological polar surface area (TPSA) is 71.4 Å². The standard InChI is InChI=1S/C20H33N3O3S/c1-15-18(20(24)23-13-9-10-14-23)19(16(2)22(15)3)27(25,26)21-17-11-7-5-4-6-8-12-17/h17,21H,4-14H2,1-3H3. The van der Waals surface area contributed by atoms with Gasteiger partial charge in [0.05, 0.1) is 5.56 Å². The highest BCUT2D eigenvalue weighted by Crippen LogP contribution is 2.29. The molecule has 3 rings (SSSR count). The van der Waals surface area contributed by atoms with Gasteiger partial charge in [0.15, 0.2) is 0 Å². The molecule has 1 saturated carbocycles. The summed E-state index contributed by atoms with van der Waals surface area (Å²) in [6.45, 7) is 5.05. The Bertz CT molecular complexity index is 784. The van der Waals surface area contributed by atoms with Crippen molar-refractivity contribution < 1.29 is 13.2 Å². The molecule has 2 heterocycles. The van der Waals surface area contributed by atoms with Crippen LogP contribution in [0.5, 0.6) is 0 Å². The average molecular weight is 396 g/mol. The average Bonchev–Trinajstić information content (AvgIpc) is 3.20.